The molecule has 11 heavy (non-hydrogen) atoms. The summed E-state index contributed by atoms with van der Waals surface area (Å²) in [6.07, 6.45) is 3.58. The Kier molecular flexibility index (Phi) is 2.60. The molecule has 0 aliphatic carbocycles. The smallest absolute Gasteiger partial charge is 0.0333 e. The van der Waals surface area contributed by atoms with Gasteiger partial charge in [-0.2, -0.15) is 0 Å². The molecule has 1 atom stereocenters. The van der Waals surface area contributed by atoms with Gasteiger partial charge in [0.25, 0.3) is 0 Å². The van der Waals surface area contributed by atoms with E-state index in [0.29, 0.717) is 5.92 Å². The summed E-state index contributed by atoms with van der Waals surface area (Å²) in [5.74, 6) is 0.471. The van der Waals surface area contributed by atoms with Gasteiger partial charge < -0.3 is 5.73 Å². The second kappa shape index (κ2) is 3.49. The van der Waals surface area contributed by atoms with Crippen LogP contribution in [0, 0.1) is 5.92 Å². The average Bonchev–Trinajstić information content (AvgIpc) is 2.05. The standard InChI is InChI=1S/C9H14N2/c1-7(2)9(10)8-4-3-5-11-6-8/h3-7,9H,10H2,1-2H3. The summed E-state index contributed by atoms with van der Waals surface area (Å²) in [7, 11) is 0. The molecule has 2 nitrogen and oxygen atoms in total. The number of aromatic nitrogens is 1. The Hall–Kier alpha value is -0.890. The van der Waals surface area contributed by atoms with E-state index in [0.717, 1.165) is 5.56 Å². The van der Waals surface area contributed by atoms with Crippen LogP contribution in [0.15, 0.2) is 24.5 Å². The van der Waals surface area contributed by atoms with Crippen molar-refractivity contribution in [2.45, 2.75) is 19.9 Å². The second-order valence-corrected chi connectivity index (χ2v) is 3.06. The zero-order valence-electron chi connectivity index (χ0n) is 6.99. The molecule has 2 N–H and O–H groups in total. The van der Waals surface area contributed by atoms with Crippen molar-refractivity contribution in [3.63, 3.8) is 0 Å². The summed E-state index contributed by atoms with van der Waals surface area (Å²) in [6, 6.07) is 4.04. The molecule has 0 fully saturated rings. The Morgan fingerprint density at radius 2 is 2.18 bits per heavy atom. The fourth-order valence-electron chi connectivity index (χ4n) is 0.958. The fraction of sp³-hybridized carbons (Fsp3) is 0.444. The van der Waals surface area contributed by atoms with E-state index in [9.17, 15) is 0 Å². The van der Waals surface area contributed by atoms with Gasteiger partial charge in [-0.05, 0) is 17.5 Å². The molecule has 1 aromatic rings. The summed E-state index contributed by atoms with van der Waals surface area (Å²) in [5, 5.41) is 0. The first-order valence-corrected chi connectivity index (χ1v) is 3.87. The third-order valence-corrected chi connectivity index (χ3v) is 1.79. The van der Waals surface area contributed by atoms with Crippen LogP contribution in [-0.2, 0) is 0 Å². The van der Waals surface area contributed by atoms with Crippen LogP contribution in [0.2, 0.25) is 0 Å². The van der Waals surface area contributed by atoms with Crippen molar-refractivity contribution in [1.29, 1.82) is 0 Å². The number of hydrogen-bond donors (Lipinski definition) is 1. The molecule has 0 saturated carbocycles. The van der Waals surface area contributed by atoms with Crippen LogP contribution in [0.25, 0.3) is 0 Å². The lowest BCUT2D eigenvalue weighted by atomic mass is 9.99. The molecule has 0 aromatic carbocycles. The molecule has 1 heterocycles. The van der Waals surface area contributed by atoms with Gasteiger partial charge in [-0.1, -0.05) is 19.9 Å². The fourth-order valence-corrected chi connectivity index (χ4v) is 0.958. The molecule has 0 spiro atoms. The van der Waals surface area contributed by atoms with E-state index in [1.165, 1.54) is 0 Å². The van der Waals surface area contributed by atoms with E-state index in [1.807, 2.05) is 18.3 Å². The van der Waals surface area contributed by atoms with Gasteiger partial charge in [-0.3, -0.25) is 4.98 Å². The zero-order valence-corrected chi connectivity index (χ0v) is 6.99. The third kappa shape index (κ3) is 2.02. The summed E-state index contributed by atoms with van der Waals surface area (Å²) < 4.78 is 0. The number of nitrogens with zero attached hydrogens (tertiary/aromatic N) is 1. The van der Waals surface area contributed by atoms with E-state index in [4.69, 9.17) is 5.73 Å². The van der Waals surface area contributed by atoms with E-state index in [-0.39, 0.29) is 6.04 Å². The number of hydrogen-bond acceptors (Lipinski definition) is 2. The lowest BCUT2D eigenvalue weighted by molar-refractivity contribution is 0.513. The van der Waals surface area contributed by atoms with Gasteiger partial charge in [0.2, 0.25) is 0 Å². The monoisotopic (exact) mass is 150 g/mol. The quantitative estimate of drug-likeness (QED) is 0.697. The molecule has 0 amide bonds. The SMILES string of the molecule is CC(C)C(N)c1cccnc1. The van der Waals surface area contributed by atoms with E-state index in [2.05, 4.69) is 18.8 Å². The van der Waals surface area contributed by atoms with Crippen LogP contribution >= 0.6 is 0 Å². The topological polar surface area (TPSA) is 38.9 Å². The molecule has 0 saturated heterocycles. The molecular formula is C9H14N2. The second-order valence-electron chi connectivity index (χ2n) is 3.06. The largest absolute Gasteiger partial charge is 0.324 e. The third-order valence-electron chi connectivity index (χ3n) is 1.79. The lowest BCUT2D eigenvalue weighted by Gasteiger charge is -2.14. The Morgan fingerprint density at radius 3 is 2.64 bits per heavy atom. The van der Waals surface area contributed by atoms with Crippen molar-refractivity contribution in [3.8, 4) is 0 Å². The highest BCUT2D eigenvalue weighted by atomic mass is 14.7. The molecular weight excluding hydrogens is 136 g/mol. The summed E-state index contributed by atoms with van der Waals surface area (Å²) in [5.41, 5.74) is 7.01. The van der Waals surface area contributed by atoms with Crippen molar-refractivity contribution >= 4 is 0 Å². The first-order chi connectivity index (χ1) is 5.22. The molecule has 2 heteroatoms. The predicted molar refractivity (Wildman–Crippen MR) is 46.0 cm³/mol. The normalized spacial score (nSPS) is 13.5. The van der Waals surface area contributed by atoms with Crippen LogP contribution in [0.3, 0.4) is 0 Å². The predicted octanol–water partition coefficient (Wildman–Crippen LogP) is 1.74. The maximum atomic E-state index is 5.90. The van der Waals surface area contributed by atoms with E-state index in [1.54, 1.807) is 6.20 Å². The maximum Gasteiger partial charge on any atom is 0.0333 e. The van der Waals surface area contributed by atoms with Crippen LogP contribution < -0.4 is 5.73 Å². The highest BCUT2D eigenvalue weighted by Gasteiger charge is 2.08. The molecule has 0 aliphatic rings. The molecule has 0 radical (unpaired) electrons. The van der Waals surface area contributed by atoms with Gasteiger partial charge in [0, 0.05) is 18.4 Å². The Labute approximate surface area is 67.5 Å². The summed E-state index contributed by atoms with van der Waals surface area (Å²) in [6.45, 7) is 4.22. The minimum atomic E-state index is 0.115. The highest BCUT2D eigenvalue weighted by Crippen LogP contribution is 2.16. The van der Waals surface area contributed by atoms with Gasteiger partial charge in [-0.25, -0.2) is 0 Å². The van der Waals surface area contributed by atoms with Crippen molar-refractivity contribution in [1.82, 2.24) is 4.98 Å². The Morgan fingerprint density at radius 1 is 1.45 bits per heavy atom. The first kappa shape index (κ1) is 8.21. The molecule has 1 unspecified atom stereocenters. The van der Waals surface area contributed by atoms with Crippen LogP contribution in [0.4, 0.5) is 0 Å². The molecule has 60 valence electrons. The van der Waals surface area contributed by atoms with Gasteiger partial charge in [0.05, 0.1) is 0 Å². The Bertz CT molecular complexity index is 206. The lowest BCUT2D eigenvalue weighted by Crippen LogP contribution is -2.16. The van der Waals surface area contributed by atoms with Gasteiger partial charge in [-0.15, -0.1) is 0 Å². The van der Waals surface area contributed by atoms with Crippen LogP contribution in [0.1, 0.15) is 25.5 Å². The van der Waals surface area contributed by atoms with E-state index < -0.39 is 0 Å². The zero-order chi connectivity index (χ0) is 8.27. The van der Waals surface area contributed by atoms with Crippen molar-refractivity contribution < 1.29 is 0 Å². The summed E-state index contributed by atoms with van der Waals surface area (Å²) >= 11 is 0. The van der Waals surface area contributed by atoms with Gasteiger partial charge in [0.1, 0.15) is 0 Å². The number of nitrogens with two attached hydrogens (primary N) is 1. The molecule has 1 aromatic heterocycles. The maximum absolute atomic E-state index is 5.90. The van der Waals surface area contributed by atoms with Crippen molar-refractivity contribution in [2.24, 2.45) is 11.7 Å². The van der Waals surface area contributed by atoms with Crippen LogP contribution in [0.5, 0.6) is 0 Å². The molecule has 0 aliphatic heterocycles. The van der Waals surface area contributed by atoms with Crippen molar-refractivity contribution in [3.05, 3.63) is 30.1 Å². The van der Waals surface area contributed by atoms with Crippen LogP contribution in [-0.4, -0.2) is 4.98 Å². The molecule has 1 rings (SSSR count). The molecule has 0 bridgehead atoms. The van der Waals surface area contributed by atoms with Crippen molar-refractivity contribution in [2.75, 3.05) is 0 Å². The van der Waals surface area contributed by atoms with Gasteiger partial charge in [0.15, 0.2) is 0 Å². The Balaban J connectivity index is 2.77. The summed E-state index contributed by atoms with van der Waals surface area (Å²) in [4.78, 5) is 4.01. The minimum Gasteiger partial charge on any atom is -0.324 e. The number of pyridine rings is 1. The number of rotatable bonds is 2. The van der Waals surface area contributed by atoms with E-state index >= 15 is 0 Å². The average molecular weight is 150 g/mol. The highest BCUT2D eigenvalue weighted by molar-refractivity contribution is 5.13. The van der Waals surface area contributed by atoms with Gasteiger partial charge >= 0.3 is 0 Å². The first-order valence-electron chi connectivity index (χ1n) is 3.87. The minimum absolute atomic E-state index is 0.115.